The summed E-state index contributed by atoms with van der Waals surface area (Å²) in [5, 5.41) is 3.29. The SMILES string of the molecule is CC[C@@H](C)[C@@H](C)Nc1cccc(F)c1. The number of hydrogen-bond donors (Lipinski definition) is 1. The summed E-state index contributed by atoms with van der Waals surface area (Å²) in [5.74, 6) is 0.407. The summed E-state index contributed by atoms with van der Waals surface area (Å²) in [5.41, 5.74) is 0.859. The topological polar surface area (TPSA) is 12.0 Å². The Kier molecular flexibility index (Phi) is 3.93. The molecule has 0 bridgehead atoms. The van der Waals surface area contributed by atoms with Crippen LogP contribution in [0.3, 0.4) is 0 Å². The second kappa shape index (κ2) is 4.99. The zero-order valence-electron chi connectivity index (χ0n) is 9.05. The number of halogens is 1. The zero-order valence-corrected chi connectivity index (χ0v) is 9.05. The highest BCUT2D eigenvalue weighted by molar-refractivity contribution is 5.43. The highest BCUT2D eigenvalue weighted by Gasteiger charge is 2.09. The van der Waals surface area contributed by atoms with Gasteiger partial charge in [-0.05, 0) is 31.0 Å². The fraction of sp³-hybridized carbons (Fsp3) is 0.500. The molecule has 1 nitrogen and oxygen atoms in total. The van der Waals surface area contributed by atoms with E-state index in [0.717, 1.165) is 12.1 Å². The van der Waals surface area contributed by atoms with E-state index in [9.17, 15) is 4.39 Å². The molecule has 0 saturated heterocycles. The smallest absolute Gasteiger partial charge is 0.125 e. The van der Waals surface area contributed by atoms with Crippen LogP contribution in [0.5, 0.6) is 0 Å². The lowest BCUT2D eigenvalue weighted by molar-refractivity contribution is 0.494. The molecule has 1 aromatic rings. The van der Waals surface area contributed by atoms with Gasteiger partial charge in [-0.15, -0.1) is 0 Å². The van der Waals surface area contributed by atoms with Gasteiger partial charge in [0.15, 0.2) is 0 Å². The predicted octanol–water partition coefficient (Wildman–Crippen LogP) is 3.67. The third kappa shape index (κ3) is 3.02. The maximum absolute atomic E-state index is 12.9. The molecule has 0 unspecified atom stereocenters. The molecule has 0 radical (unpaired) electrons. The molecule has 0 heterocycles. The first-order valence-corrected chi connectivity index (χ1v) is 5.15. The largest absolute Gasteiger partial charge is 0.382 e. The summed E-state index contributed by atoms with van der Waals surface area (Å²) in [6.45, 7) is 6.48. The van der Waals surface area contributed by atoms with Gasteiger partial charge in [0.25, 0.3) is 0 Å². The Morgan fingerprint density at radius 3 is 2.64 bits per heavy atom. The fourth-order valence-corrected chi connectivity index (χ4v) is 1.34. The maximum Gasteiger partial charge on any atom is 0.125 e. The van der Waals surface area contributed by atoms with Crippen LogP contribution in [0.25, 0.3) is 0 Å². The van der Waals surface area contributed by atoms with Crippen LogP contribution < -0.4 is 5.32 Å². The summed E-state index contributed by atoms with van der Waals surface area (Å²) < 4.78 is 12.9. The van der Waals surface area contributed by atoms with Crippen LogP contribution in [0.2, 0.25) is 0 Å². The minimum absolute atomic E-state index is 0.189. The quantitative estimate of drug-likeness (QED) is 0.773. The Morgan fingerprint density at radius 2 is 2.07 bits per heavy atom. The Balaban J connectivity index is 2.60. The van der Waals surface area contributed by atoms with Gasteiger partial charge >= 0.3 is 0 Å². The third-order valence-electron chi connectivity index (χ3n) is 2.72. The Morgan fingerprint density at radius 1 is 1.36 bits per heavy atom. The van der Waals surface area contributed by atoms with E-state index < -0.39 is 0 Å². The molecule has 0 saturated carbocycles. The van der Waals surface area contributed by atoms with Gasteiger partial charge in [-0.2, -0.15) is 0 Å². The number of nitrogens with one attached hydrogen (secondary N) is 1. The number of rotatable bonds is 4. The third-order valence-corrected chi connectivity index (χ3v) is 2.72. The average molecular weight is 195 g/mol. The minimum Gasteiger partial charge on any atom is -0.382 e. The molecule has 2 heteroatoms. The van der Waals surface area contributed by atoms with Gasteiger partial charge in [0.2, 0.25) is 0 Å². The fourth-order valence-electron chi connectivity index (χ4n) is 1.34. The van der Waals surface area contributed by atoms with Crippen molar-refractivity contribution in [1.82, 2.24) is 0 Å². The molecule has 1 N–H and O–H groups in total. The average Bonchev–Trinajstić information content (AvgIpc) is 2.16. The predicted molar refractivity (Wildman–Crippen MR) is 58.9 cm³/mol. The van der Waals surface area contributed by atoms with Gasteiger partial charge < -0.3 is 5.32 Å². The standard InChI is InChI=1S/C12H18FN/c1-4-9(2)10(3)14-12-7-5-6-11(13)8-12/h5-10,14H,4H2,1-3H3/t9-,10-/m1/s1. The van der Waals surface area contributed by atoms with Crippen molar-refractivity contribution in [3.05, 3.63) is 30.1 Å². The molecule has 0 aliphatic carbocycles. The molecule has 14 heavy (non-hydrogen) atoms. The Bertz CT molecular complexity index is 285. The summed E-state index contributed by atoms with van der Waals surface area (Å²) in [6.07, 6.45) is 1.13. The molecule has 0 aliphatic heterocycles. The second-order valence-corrected chi connectivity index (χ2v) is 3.83. The molecular formula is C12H18FN. The van der Waals surface area contributed by atoms with E-state index in [0.29, 0.717) is 12.0 Å². The molecule has 0 fully saturated rings. The lowest BCUT2D eigenvalue weighted by Gasteiger charge is -2.20. The number of anilines is 1. The Hall–Kier alpha value is -1.05. The van der Waals surface area contributed by atoms with Gasteiger partial charge in [-0.25, -0.2) is 4.39 Å². The molecule has 0 spiro atoms. The summed E-state index contributed by atoms with van der Waals surface area (Å²) in [6, 6.07) is 6.97. The molecule has 1 rings (SSSR count). The van der Waals surface area contributed by atoms with Crippen molar-refractivity contribution >= 4 is 5.69 Å². The number of hydrogen-bond acceptors (Lipinski definition) is 1. The van der Waals surface area contributed by atoms with Crippen molar-refractivity contribution in [1.29, 1.82) is 0 Å². The first-order chi connectivity index (χ1) is 6.63. The van der Waals surface area contributed by atoms with Crippen LogP contribution in [0.15, 0.2) is 24.3 Å². The van der Waals surface area contributed by atoms with Crippen LogP contribution in [0, 0.1) is 11.7 Å². The van der Waals surface area contributed by atoms with Crippen molar-refractivity contribution < 1.29 is 4.39 Å². The first-order valence-electron chi connectivity index (χ1n) is 5.15. The number of benzene rings is 1. The molecule has 0 aliphatic rings. The zero-order chi connectivity index (χ0) is 10.6. The molecule has 78 valence electrons. The van der Waals surface area contributed by atoms with Gasteiger partial charge in [0.05, 0.1) is 0 Å². The normalized spacial score (nSPS) is 14.9. The van der Waals surface area contributed by atoms with Gasteiger partial charge in [-0.3, -0.25) is 0 Å². The molecule has 1 aromatic carbocycles. The lowest BCUT2D eigenvalue weighted by Crippen LogP contribution is -2.23. The molecule has 2 atom stereocenters. The van der Waals surface area contributed by atoms with E-state index in [-0.39, 0.29) is 5.82 Å². The van der Waals surface area contributed by atoms with E-state index in [1.165, 1.54) is 12.1 Å². The minimum atomic E-state index is -0.189. The first kappa shape index (κ1) is 11.0. The van der Waals surface area contributed by atoms with E-state index in [1.807, 2.05) is 6.07 Å². The van der Waals surface area contributed by atoms with Crippen LogP contribution in [0.1, 0.15) is 27.2 Å². The highest BCUT2D eigenvalue weighted by Crippen LogP contribution is 2.15. The monoisotopic (exact) mass is 195 g/mol. The lowest BCUT2D eigenvalue weighted by atomic mass is 10.0. The van der Waals surface area contributed by atoms with E-state index >= 15 is 0 Å². The van der Waals surface area contributed by atoms with Gasteiger partial charge in [0, 0.05) is 11.7 Å². The van der Waals surface area contributed by atoms with E-state index in [4.69, 9.17) is 0 Å². The molecule has 0 aromatic heterocycles. The van der Waals surface area contributed by atoms with E-state index in [2.05, 4.69) is 26.1 Å². The maximum atomic E-state index is 12.9. The van der Waals surface area contributed by atoms with Crippen LogP contribution >= 0.6 is 0 Å². The Labute approximate surface area is 85.3 Å². The summed E-state index contributed by atoms with van der Waals surface area (Å²) in [4.78, 5) is 0. The molecule has 0 amide bonds. The van der Waals surface area contributed by atoms with Crippen LogP contribution in [0.4, 0.5) is 10.1 Å². The van der Waals surface area contributed by atoms with Crippen molar-refractivity contribution in [2.24, 2.45) is 5.92 Å². The van der Waals surface area contributed by atoms with Gasteiger partial charge in [0.1, 0.15) is 5.82 Å². The second-order valence-electron chi connectivity index (χ2n) is 3.83. The van der Waals surface area contributed by atoms with Gasteiger partial charge in [-0.1, -0.05) is 26.3 Å². The molecular weight excluding hydrogens is 177 g/mol. The van der Waals surface area contributed by atoms with Crippen molar-refractivity contribution in [3.63, 3.8) is 0 Å². The van der Waals surface area contributed by atoms with E-state index in [1.54, 1.807) is 6.07 Å². The van der Waals surface area contributed by atoms with Crippen LogP contribution in [-0.2, 0) is 0 Å². The van der Waals surface area contributed by atoms with Crippen molar-refractivity contribution in [2.45, 2.75) is 33.2 Å². The summed E-state index contributed by atoms with van der Waals surface area (Å²) >= 11 is 0. The highest BCUT2D eigenvalue weighted by atomic mass is 19.1. The van der Waals surface area contributed by atoms with Crippen molar-refractivity contribution in [3.8, 4) is 0 Å². The van der Waals surface area contributed by atoms with Crippen LogP contribution in [-0.4, -0.2) is 6.04 Å². The summed E-state index contributed by atoms with van der Waals surface area (Å²) in [7, 11) is 0. The van der Waals surface area contributed by atoms with Crippen molar-refractivity contribution in [2.75, 3.05) is 5.32 Å².